The second kappa shape index (κ2) is 6.01. The van der Waals surface area contributed by atoms with Crippen molar-refractivity contribution < 1.29 is 4.79 Å². The van der Waals surface area contributed by atoms with Gasteiger partial charge in [0.2, 0.25) is 5.91 Å². The Bertz CT molecular complexity index is 528. The Hall–Kier alpha value is -1.39. The first-order valence-electron chi connectivity index (χ1n) is 8.67. The average Bonchev–Trinajstić information content (AvgIpc) is 3.21. The molecule has 2 atom stereocenters. The quantitative estimate of drug-likeness (QED) is 0.880. The number of carbonyl (C=O) groups is 1. The maximum Gasteiger partial charge on any atom is 0.229 e. The number of rotatable bonds is 2. The van der Waals surface area contributed by atoms with Crippen LogP contribution in [0, 0.1) is 11.8 Å². The van der Waals surface area contributed by atoms with Gasteiger partial charge in [-0.1, -0.05) is 43.5 Å². The van der Waals surface area contributed by atoms with Crippen LogP contribution in [0.2, 0.25) is 0 Å². The van der Waals surface area contributed by atoms with Gasteiger partial charge in [-0.2, -0.15) is 0 Å². The zero-order valence-corrected chi connectivity index (χ0v) is 13.1. The molecule has 0 bridgehead atoms. The second-order valence-electron chi connectivity index (χ2n) is 7.02. The summed E-state index contributed by atoms with van der Waals surface area (Å²) in [6, 6.07) is 8.74. The van der Waals surface area contributed by atoms with Crippen LogP contribution in [0.1, 0.15) is 43.2 Å². The molecule has 1 saturated carbocycles. The van der Waals surface area contributed by atoms with Gasteiger partial charge in [0.25, 0.3) is 0 Å². The minimum Gasteiger partial charge on any atom is -0.334 e. The van der Waals surface area contributed by atoms with Gasteiger partial charge in [0.05, 0.1) is 5.92 Å². The number of benzene rings is 1. The van der Waals surface area contributed by atoms with E-state index in [1.807, 2.05) is 4.90 Å². The number of hydrogen-bond acceptors (Lipinski definition) is 3. The Labute approximate surface area is 132 Å². The van der Waals surface area contributed by atoms with Gasteiger partial charge in [-0.25, -0.2) is 0 Å². The van der Waals surface area contributed by atoms with Gasteiger partial charge in [-0.05, 0) is 29.9 Å². The SMILES string of the molecule is O=C(C1CNNC1C1CCCCC1)N1Cc2ccccc2C1. The molecule has 2 aliphatic heterocycles. The minimum atomic E-state index is 0.0948. The zero-order valence-electron chi connectivity index (χ0n) is 13.1. The summed E-state index contributed by atoms with van der Waals surface area (Å²) >= 11 is 0. The molecule has 2 fully saturated rings. The van der Waals surface area contributed by atoms with Crippen molar-refractivity contribution in [3.05, 3.63) is 35.4 Å². The highest BCUT2D eigenvalue weighted by molar-refractivity contribution is 5.81. The predicted molar refractivity (Wildman–Crippen MR) is 85.7 cm³/mol. The van der Waals surface area contributed by atoms with Gasteiger partial charge in [-0.3, -0.25) is 15.6 Å². The van der Waals surface area contributed by atoms with E-state index in [4.69, 9.17) is 0 Å². The number of fused-ring (bicyclic) bond motifs is 1. The van der Waals surface area contributed by atoms with Crippen molar-refractivity contribution in [1.82, 2.24) is 15.8 Å². The van der Waals surface area contributed by atoms with E-state index in [1.54, 1.807) is 0 Å². The van der Waals surface area contributed by atoms with Crippen LogP contribution < -0.4 is 10.9 Å². The van der Waals surface area contributed by atoms with E-state index in [2.05, 4.69) is 35.1 Å². The summed E-state index contributed by atoms with van der Waals surface area (Å²) < 4.78 is 0. The molecular formula is C18H25N3O. The van der Waals surface area contributed by atoms with Gasteiger partial charge in [0.15, 0.2) is 0 Å². The largest absolute Gasteiger partial charge is 0.334 e. The fourth-order valence-electron chi connectivity index (χ4n) is 4.42. The summed E-state index contributed by atoms with van der Waals surface area (Å²) in [5.74, 6) is 1.07. The summed E-state index contributed by atoms with van der Waals surface area (Å²) in [6.07, 6.45) is 6.53. The molecule has 1 aliphatic carbocycles. The Balaban J connectivity index is 1.46. The van der Waals surface area contributed by atoms with Crippen molar-refractivity contribution in [3.63, 3.8) is 0 Å². The lowest BCUT2D eigenvalue weighted by molar-refractivity contribution is -0.136. The first kappa shape index (κ1) is 14.2. The molecule has 3 aliphatic rings. The van der Waals surface area contributed by atoms with E-state index in [-0.39, 0.29) is 5.92 Å². The monoisotopic (exact) mass is 299 g/mol. The smallest absolute Gasteiger partial charge is 0.229 e. The molecule has 0 spiro atoms. The summed E-state index contributed by atoms with van der Waals surface area (Å²) in [7, 11) is 0. The molecule has 1 amide bonds. The lowest BCUT2D eigenvalue weighted by Crippen LogP contribution is -2.44. The predicted octanol–water partition coefficient (Wildman–Crippen LogP) is 2.20. The molecule has 0 radical (unpaired) electrons. The normalized spacial score (nSPS) is 28.8. The molecule has 1 saturated heterocycles. The number of hydrogen-bond donors (Lipinski definition) is 2. The lowest BCUT2D eigenvalue weighted by Gasteiger charge is -2.31. The fraction of sp³-hybridized carbons (Fsp3) is 0.611. The third-order valence-electron chi connectivity index (χ3n) is 5.65. The highest BCUT2D eigenvalue weighted by atomic mass is 16.2. The Morgan fingerprint density at radius 2 is 1.73 bits per heavy atom. The first-order valence-corrected chi connectivity index (χ1v) is 8.67. The molecule has 118 valence electrons. The Kier molecular flexibility index (Phi) is 3.89. The molecule has 2 heterocycles. The van der Waals surface area contributed by atoms with Crippen molar-refractivity contribution in [2.24, 2.45) is 11.8 Å². The maximum atomic E-state index is 13.0. The summed E-state index contributed by atoms with van der Waals surface area (Å²) in [5, 5.41) is 0. The lowest BCUT2D eigenvalue weighted by atomic mass is 9.79. The van der Waals surface area contributed by atoms with Gasteiger partial charge in [0, 0.05) is 25.7 Å². The van der Waals surface area contributed by atoms with Gasteiger partial charge < -0.3 is 4.90 Å². The average molecular weight is 299 g/mol. The molecule has 1 aromatic rings. The minimum absolute atomic E-state index is 0.0948. The van der Waals surface area contributed by atoms with E-state index < -0.39 is 0 Å². The number of nitrogens with zero attached hydrogens (tertiary/aromatic N) is 1. The fourth-order valence-corrected chi connectivity index (χ4v) is 4.42. The third-order valence-corrected chi connectivity index (χ3v) is 5.65. The topological polar surface area (TPSA) is 44.4 Å². The summed E-state index contributed by atoms with van der Waals surface area (Å²) in [5.41, 5.74) is 9.27. The van der Waals surface area contributed by atoms with E-state index in [0.29, 0.717) is 17.9 Å². The van der Waals surface area contributed by atoms with Crippen LogP contribution in [0.4, 0.5) is 0 Å². The molecule has 1 aromatic carbocycles. The molecular weight excluding hydrogens is 274 g/mol. The molecule has 4 rings (SSSR count). The number of nitrogens with one attached hydrogen (secondary N) is 2. The molecule has 4 heteroatoms. The van der Waals surface area contributed by atoms with Crippen molar-refractivity contribution in [1.29, 1.82) is 0 Å². The second-order valence-corrected chi connectivity index (χ2v) is 7.02. The number of carbonyl (C=O) groups excluding carboxylic acids is 1. The highest BCUT2D eigenvalue weighted by Gasteiger charge is 2.41. The van der Waals surface area contributed by atoms with Gasteiger partial charge >= 0.3 is 0 Å². The van der Waals surface area contributed by atoms with Crippen LogP contribution in [0.25, 0.3) is 0 Å². The van der Waals surface area contributed by atoms with E-state index in [0.717, 1.165) is 19.6 Å². The van der Waals surface area contributed by atoms with Crippen molar-refractivity contribution in [2.75, 3.05) is 6.54 Å². The first-order chi connectivity index (χ1) is 10.8. The summed E-state index contributed by atoms with van der Waals surface area (Å²) in [6.45, 7) is 2.33. The van der Waals surface area contributed by atoms with Crippen molar-refractivity contribution in [3.8, 4) is 0 Å². The van der Waals surface area contributed by atoms with Gasteiger partial charge in [-0.15, -0.1) is 0 Å². The zero-order chi connectivity index (χ0) is 14.9. The maximum absolute atomic E-state index is 13.0. The van der Waals surface area contributed by atoms with Crippen LogP contribution in [0.5, 0.6) is 0 Å². The summed E-state index contributed by atoms with van der Waals surface area (Å²) in [4.78, 5) is 15.1. The van der Waals surface area contributed by atoms with E-state index >= 15 is 0 Å². The van der Waals surface area contributed by atoms with Gasteiger partial charge in [0.1, 0.15) is 0 Å². The van der Waals surface area contributed by atoms with E-state index in [1.165, 1.54) is 43.2 Å². The molecule has 2 unspecified atom stereocenters. The van der Waals surface area contributed by atoms with Crippen molar-refractivity contribution in [2.45, 2.75) is 51.2 Å². The number of hydrazine groups is 1. The molecule has 0 aromatic heterocycles. The van der Waals surface area contributed by atoms with Crippen LogP contribution >= 0.6 is 0 Å². The van der Waals surface area contributed by atoms with Crippen LogP contribution in [-0.4, -0.2) is 23.4 Å². The highest BCUT2D eigenvalue weighted by Crippen LogP contribution is 2.33. The third kappa shape index (κ3) is 2.55. The molecule has 2 N–H and O–H groups in total. The van der Waals surface area contributed by atoms with E-state index in [9.17, 15) is 4.79 Å². The van der Waals surface area contributed by atoms with Crippen LogP contribution in [0.3, 0.4) is 0 Å². The van der Waals surface area contributed by atoms with Crippen LogP contribution in [0.15, 0.2) is 24.3 Å². The van der Waals surface area contributed by atoms with Crippen LogP contribution in [-0.2, 0) is 17.9 Å². The standard InChI is InChI=1S/C18H25N3O/c22-18(21-11-14-8-4-5-9-15(14)12-21)16-10-19-20-17(16)13-6-2-1-3-7-13/h4-5,8-9,13,16-17,19-20H,1-3,6-7,10-12H2. The number of amides is 1. The Morgan fingerprint density at radius 3 is 2.41 bits per heavy atom. The van der Waals surface area contributed by atoms with Crippen molar-refractivity contribution >= 4 is 5.91 Å². The molecule has 4 nitrogen and oxygen atoms in total. The Morgan fingerprint density at radius 1 is 1.05 bits per heavy atom. The molecule has 22 heavy (non-hydrogen) atoms.